The zero-order valence-corrected chi connectivity index (χ0v) is 13.0. The molecule has 108 valence electrons. The van der Waals surface area contributed by atoms with Crippen molar-refractivity contribution in [2.75, 3.05) is 18.5 Å². The summed E-state index contributed by atoms with van der Waals surface area (Å²) in [6.07, 6.45) is 4.91. The molecule has 2 atom stereocenters. The molecule has 0 aliphatic heterocycles. The first-order valence-electron chi connectivity index (χ1n) is 7.19. The molecule has 0 saturated heterocycles. The van der Waals surface area contributed by atoms with Crippen LogP contribution in [-0.4, -0.2) is 27.6 Å². The van der Waals surface area contributed by atoms with E-state index in [1.165, 1.54) is 30.8 Å². The average Bonchev–Trinajstić information content (AvgIpc) is 2.85. The van der Waals surface area contributed by atoms with E-state index in [9.17, 15) is 5.11 Å². The molecule has 5 heteroatoms. The maximum absolute atomic E-state index is 9.42. The van der Waals surface area contributed by atoms with Gasteiger partial charge in [0.15, 0.2) is 0 Å². The van der Waals surface area contributed by atoms with Crippen molar-refractivity contribution in [1.82, 2.24) is 9.36 Å². The number of aliphatic hydroxyl groups excluding tert-OH is 1. The van der Waals surface area contributed by atoms with E-state index >= 15 is 0 Å². The van der Waals surface area contributed by atoms with Gasteiger partial charge in [0.25, 0.3) is 0 Å². The van der Waals surface area contributed by atoms with Gasteiger partial charge in [0.2, 0.25) is 5.13 Å². The SMILES string of the molecule is CC(C)(C)c1nsc(NCC2CCCCC2CO)n1. The Kier molecular flexibility index (Phi) is 4.79. The van der Waals surface area contributed by atoms with Gasteiger partial charge in [-0.05, 0) is 24.7 Å². The number of hydrogen-bond acceptors (Lipinski definition) is 5. The second-order valence-corrected chi connectivity index (χ2v) is 7.29. The molecule has 0 radical (unpaired) electrons. The normalized spacial score (nSPS) is 24.4. The Bertz CT molecular complexity index is 400. The molecule has 2 rings (SSSR count). The highest BCUT2D eigenvalue weighted by Crippen LogP contribution is 2.30. The van der Waals surface area contributed by atoms with E-state index in [-0.39, 0.29) is 5.41 Å². The molecule has 1 aliphatic rings. The molecule has 0 amide bonds. The van der Waals surface area contributed by atoms with E-state index in [2.05, 4.69) is 35.4 Å². The smallest absolute Gasteiger partial charge is 0.202 e. The number of aromatic nitrogens is 2. The number of aliphatic hydroxyl groups is 1. The Labute approximate surface area is 119 Å². The van der Waals surface area contributed by atoms with Crippen molar-refractivity contribution in [1.29, 1.82) is 0 Å². The second-order valence-electron chi connectivity index (χ2n) is 6.54. The lowest BCUT2D eigenvalue weighted by molar-refractivity contribution is 0.141. The minimum Gasteiger partial charge on any atom is -0.396 e. The lowest BCUT2D eigenvalue weighted by Crippen LogP contribution is -2.28. The van der Waals surface area contributed by atoms with Crippen LogP contribution < -0.4 is 5.32 Å². The van der Waals surface area contributed by atoms with Gasteiger partial charge in [-0.3, -0.25) is 0 Å². The summed E-state index contributed by atoms with van der Waals surface area (Å²) in [5.74, 6) is 1.93. The Hall–Kier alpha value is -0.680. The fourth-order valence-corrected chi connectivity index (χ4v) is 3.37. The molecular formula is C14H25N3OS. The molecule has 4 nitrogen and oxygen atoms in total. The number of rotatable bonds is 4. The number of anilines is 1. The quantitative estimate of drug-likeness (QED) is 0.891. The molecule has 2 N–H and O–H groups in total. The third kappa shape index (κ3) is 3.89. The van der Waals surface area contributed by atoms with E-state index < -0.39 is 0 Å². The van der Waals surface area contributed by atoms with Crippen molar-refractivity contribution in [3.63, 3.8) is 0 Å². The Morgan fingerprint density at radius 3 is 2.53 bits per heavy atom. The third-order valence-electron chi connectivity index (χ3n) is 3.91. The van der Waals surface area contributed by atoms with Crippen molar-refractivity contribution in [2.24, 2.45) is 11.8 Å². The maximum atomic E-state index is 9.42. The van der Waals surface area contributed by atoms with Crippen LogP contribution in [0, 0.1) is 11.8 Å². The summed E-state index contributed by atoms with van der Waals surface area (Å²) in [6, 6.07) is 0. The van der Waals surface area contributed by atoms with E-state index in [4.69, 9.17) is 0 Å². The summed E-state index contributed by atoms with van der Waals surface area (Å²) < 4.78 is 4.41. The lowest BCUT2D eigenvalue weighted by atomic mass is 9.80. The van der Waals surface area contributed by atoms with E-state index in [1.54, 1.807) is 0 Å². The first kappa shape index (κ1) is 14.7. The van der Waals surface area contributed by atoms with Crippen LogP contribution in [0.15, 0.2) is 0 Å². The fourth-order valence-electron chi connectivity index (χ4n) is 2.61. The zero-order chi connectivity index (χ0) is 13.9. The Morgan fingerprint density at radius 1 is 1.26 bits per heavy atom. The van der Waals surface area contributed by atoms with Gasteiger partial charge in [-0.2, -0.15) is 4.37 Å². The Balaban J connectivity index is 1.89. The van der Waals surface area contributed by atoms with Crippen molar-refractivity contribution in [3.05, 3.63) is 5.82 Å². The fraction of sp³-hybridized carbons (Fsp3) is 0.857. The molecule has 1 fully saturated rings. The van der Waals surface area contributed by atoms with Crippen LogP contribution in [-0.2, 0) is 5.41 Å². The van der Waals surface area contributed by atoms with E-state index in [0.29, 0.717) is 18.4 Å². The third-order valence-corrected chi connectivity index (χ3v) is 4.59. The average molecular weight is 283 g/mol. The van der Waals surface area contributed by atoms with Crippen LogP contribution >= 0.6 is 11.5 Å². The lowest BCUT2D eigenvalue weighted by Gasteiger charge is -2.30. The first-order chi connectivity index (χ1) is 9.00. The van der Waals surface area contributed by atoms with Crippen molar-refractivity contribution >= 4 is 16.7 Å². The summed E-state index contributed by atoms with van der Waals surface area (Å²) in [4.78, 5) is 4.55. The molecule has 0 bridgehead atoms. The van der Waals surface area contributed by atoms with Gasteiger partial charge in [0, 0.05) is 30.1 Å². The number of nitrogens with one attached hydrogen (secondary N) is 1. The molecular weight excluding hydrogens is 258 g/mol. The van der Waals surface area contributed by atoms with Gasteiger partial charge >= 0.3 is 0 Å². The van der Waals surface area contributed by atoms with E-state index in [1.807, 2.05) is 0 Å². The molecule has 1 heterocycles. The summed E-state index contributed by atoms with van der Waals surface area (Å²) >= 11 is 1.44. The highest BCUT2D eigenvalue weighted by Gasteiger charge is 2.25. The van der Waals surface area contributed by atoms with Gasteiger partial charge in [-0.1, -0.05) is 33.6 Å². The van der Waals surface area contributed by atoms with Crippen LogP contribution in [0.25, 0.3) is 0 Å². The minimum atomic E-state index is 0.00883. The number of hydrogen-bond donors (Lipinski definition) is 2. The topological polar surface area (TPSA) is 58.0 Å². The molecule has 2 unspecified atom stereocenters. The highest BCUT2D eigenvalue weighted by molar-refractivity contribution is 7.09. The van der Waals surface area contributed by atoms with Gasteiger partial charge in [0.1, 0.15) is 5.82 Å². The number of nitrogens with zero attached hydrogens (tertiary/aromatic N) is 2. The highest BCUT2D eigenvalue weighted by atomic mass is 32.1. The first-order valence-corrected chi connectivity index (χ1v) is 7.97. The van der Waals surface area contributed by atoms with Crippen LogP contribution in [0.1, 0.15) is 52.3 Å². The second kappa shape index (κ2) is 6.18. The molecule has 19 heavy (non-hydrogen) atoms. The van der Waals surface area contributed by atoms with Crippen LogP contribution in [0.4, 0.5) is 5.13 Å². The summed E-state index contributed by atoms with van der Waals surface area (Å²) in [7, 11) is 0. The molecule has 1 saturated carbocycles. The van der Waals surface area contributed by atoms with Crippen molar-refractivity contribution in [3.8, 4) is 0 Å². The molecule has 1 aliphatic carbocycles. The van der Waals surface area contributed by atoms with Gasteiger partial charge in [0.05, 0.1) is 0 Å². The van der Waals surface area contributed by atoms with Crippen LogP contribution in [0.3, 0.4) is 0 Å². The van der Waals surface area contributed by atoms with Crippen LogP contribution in [0.2, 0.25) is 0 Å². The summed E-state index contributed by atoms with van der Waals surface area (Å²) in [5, 5.41) is 13.7. The van der Waals surface area contributed by atoms with Gasteiger partial charge in [-0.25, -0.2) is 4.98 Å². The standard InChI is InChI=1S/C14H25N3OS/c1-14(2,3)12-16-13(19-17-12)15-8-10-6-4-5-7-11(10)9-18/h10-11,18H,4-9H2,1-3H3,(H,15,16,17). The maximum Gasteiger partial charge on any atom is 0.202 e. The minimum absolute atomic E-state index is 0.00883. The van der Waals surface area contributed by atoms with Crippen molar-refractivity contribution in [2.45, 2.75) is 51.9 Å². The van der Waals surface area contributed by atoms with E-state index in [0.717, 1.165) is 23.9 Å². The van der Waals surface area contributed by atoms with Gasteiger partial charge in [-0.15, -0.1) is 0 Å². The molecule has 1 aromatic rings. The molecule has 0 aromatic carbocycles. The predicted molar refractivity (Wildman–Crippen MR) is 79.6 cm³/mol. The monoisotopic (exact) mass is 283 g/mol. The van der Waals surface area contributed by atoms with Crippen molar-refractivity contribution < 1.29 is 5.11 Å². The Morgan fingerprint density at radius 2 is 1.95 bits per heavy atom. The zero-order valence-electron chi connectivity index (χ0n) is 12.1. The van der Waals surface area contributed by atoms with Crippen LogP contribution in [0.5, 0.6) is 0 Å². The predicted octanol–water partition coefficient (Wildman–Crippen LogP) is 3.05. The largest absolute Gasteiger partial charge is 0.396 e. The summed E-state index contributed by atoms with van der Waals surface area (Å²) in [5.41, 5.74) is 0.00883. The molecule has 1 aromatic heterocycles. The molecule has 0 spiro atoms. The van der Waals surface area contributed by atoms with Gasteiger partial charge < -0.3 is 10.4 Å². The summed E-state index contributed by atoms with van der Waals surface area (Å²) in [6.45, 7) is 7.60.